The first-order valence-corrected chi connectivity index (χ1v) is 38.4. The van der Waals surface area contributed by atoms with Crippen molar-refractivity contribution in [3.05, 3.63) is 48.6 Å². The zero-order valence-electron chi connectivity index (χ0n) is 58.3. The number of ether oxygens (including phenoxy) is 3. The van der Waals surface area contributed by atoms with E-state index in [9.17, 15) is 35.1 Å². The van der Waals surface area contributed by atoms with Gasteiger partial charge in [0, 0.05) is 6.42 Å². The highest BCUT2D eigenvalue weighted by molar-refractivity contribution is 5.80. The zero-order chi connectivity index (χ0) is 64.6. The summed E-state index contributed by atoms with van der Waals surface area (Å²) in [6.07, 6.45) is 73.1. The van der Waals surface area contributed by atoms with Crippen LogP contribution in [0.1, 0.15) is 374 Å². The molecular weight excluding hydrogens is 1110 g/mol. The lowest BCUT2D eigenvalue weighted by atomic mass is 9.99. The van der Waals surface area contributed by atoms with Gasteiger partial charge in [-0.3, -0.25) is 9.59 Å². The second-order valence-corrected chi connectivity index (χ2v) is 26.7. The molecule has 0 spiro atoms. The number of unbranched alkanes of at least 4 members (excludes halogenated alkanes) is 47. The topological polar surface area (TPSA) is 175 Å². The van der Waals surface area contributed by atoms with E-state index in [0.29, 0.717) is 12.8 Å². The van der Waals surface area contributed by atoms with E-state index < -0.39 is 67.4 Å². The summed E-state index contributed by atoms with van der Waals surface area (Å²) in [5.74, 6) is -1.18. The minimum Gasteiger partial charge on any atom is -0.454 e. The Morgan fingerprint density at radius 3 is 1.18 bits per heavy atom. The standard InChI is InChI=1S/C78H145NO10/c1-4-7-10-13-16-19-22-24-26-28-30-32-34-35-36-37-38-40-42-44-46-48-51-54-57-60-63-66-73(83)89-76-75(85)74(84)72(67-80)88-78(76)87-68-69(70(81)64-61-58-55-52-49-21-18-15-12-9-6-3)79-77(86)71(82)65-62-59-56-53-50-47-45-43-41-39-33-31-29-27-25-23-20-17-14-11-8-5-2/h17,20,25,27,31,33,61,64,69-72,74-76,78,80-82,84-85H,4-16,18-19,21-24,26,28-30,32,34-60,62-63,65-68H2,1-3H3,(H,79,86)/b20-17-,27-25-,33-31-,64-61+. The van der Waals surface area contributed by atoms with Crippen molar-refractivity contribution in [2.75, 3.05) is 13.2 Å². The first-order chi connectivity index (χ1) is 43.7. The van der Waals surface area contributed by atoms with Crippen molar-refractivity contribution in [1.29, 1.82) is 0 Å². The molecule has 11 heteroatoms. The van der Waals surface area contributed by atoms with Crippen LogP contribution in [0.2, 0.25) is 0 Å². The third-order valence-electron chi connectivity index (χ3n) is 18.2. The number of nitrogens with one attached hydrogen (secondary N) is 1. The smallest absolute Gasteiger partial charge is 0.306 e. The van der Waals surface area contributed by atoms with Gasteiger partial charge < -0.3 is 45.1 Å². The Hall–Kier alpha value is -2.38. The summed E-state index contributed by atoms with van der Waals surface area (Å²) in [7, 11) is 0. The summed E-state index contributed by atoms with van der Waals surface area (Å²) < 4.78 is 17.7. The average Bonchev–Trinajstić information content (AvgIpc) is 2.36. The maximum absolute atomic E-state index is 13.5. The Kier molecular flexibility index (Phi) is 62.4. The molecular formula is C78H145NO10. The van der Waals surface area contributed by atoms with Crippen molar-refractivity contribution in [3.8, 4) is 0 Å². The van der Waals surface area contributed by atoms with Crippen LogP contribution in [0.15, 0.2) is 48.6 Å². The second-order valence-electron chi connectivity index (χ2n) is 26.7. The maximum Gasteiger partial charge on any atom is 0.306 e. The van der Waals surface area contributed by atoms with Crippen molar-refractivity contribution in [1.82, 2.24) is 5.32 Å². The number of hydrogen-bond donors (Lipinski definition) is 6. The number of aliphatic hydroxyl groups excluding tert-OH is 5. The number of aliphatic hydroxyl groups is 5. The molecule has 1 aliphatic heterocycles. The van der Waals surface area contributed by atoms with E-state index in [1.54, 1.807) is 6.08 Å². The number of carbonyl (C=O) groups excluding carboxylic acids is 2. The van der Waals surface area contributed by atoms with Crippen molar-refractivity contribution < 1.29 is 49.3 Å². The molecule has 0 radical (unpaired) electrons. The molecule has 1 rings (SSSR count). The van der Waals surface area contributed by atoms with Crippen molar-refractivity contribution in [2.24, 2.45) is 0 Å². The van der Waals surface area contributed by atoms with Crippen LogP contribution in [-0.2, 0) is 23.8 Å². The molecule has 1 heterocycles. The van der Waals surface area contributed by atoms with E-state index in [1.165, 1.54) is 250 Å². The highest BCUT2D eigenvalue weighted by Crippen LogP contribution is 2.27. The summed E-state index contributed by atoms with van der Waals surface area (Å²) in [6.45, 7) is 5.82. The van der Waals surface area contributed by atoms with Crippen LogP contribution in [0.25, 0.3) is 0 Å². The minimum absolute atomic E-state index is 0.128. The lowest BCUT2D eigenvalue weighted by Crippen LogP contribution is -2.61. The number of hydrogen-bond acceptors (Lipinski definition) is 10. The minimum atomic E-state index is -1.61. The Labute approximate surface area is 548 Å². The highest BCUT2D eigenvalue weighted by Gasteiger charge is 2.47. The largest absolute Gasteiger partial charge is 0.454 e. The molecule has 0 aromatic rings. The fourth-order valence-electron chi connectivity index (χ4n) is 12.2. The van der Waals surface area contributed by atoms with Gasteiger partial charge in [0.1, 0.15) is 24.4 Å². The van der Waals surface area contributed by atoms with Gasteiger partial charge in [0.05, 0.1) is 25.4 Å². The van der Waals surface area contributed by atoms with Gasteiger partial charge in [-0.25, -0.2) is 0 Å². The van der Waals surface area contributed by atoms with Crippen LogP contribution in [0, 0.1) is 0 Å². The fourth-order valence-corrected chi connectivity index (χ4v) is 12.2. The van der Waals surface area contributed by atoms with Gasteiger partial charge in [0.2, 0.25) is 5.91 Å². The monoisotopic (exact) mass is 1260 g/mol. The van der Waals surface area contributed by atoms with Gasteiger partial charge in [-0.1, -0.05) is 352 Å². The Morgan fingerprint density at radius 2 is 0.775 bits per heavy atom. The number of carbonyl (C=O) groups is 2. The second kappa shape index (κ2) is 65.7. The van der Waals surface area contributed by atoms with Crippen molar-refractivity contribution in [2.45, 2.75) is 423 Å². The number of rotatable bonds is 67. The summed E-state index contributed by atoms with van der Waals surface area (Å²) in [5.41, 5.74) is 0. The molecule has 1 amide bonds. The van der Waals surface area contributed by atoms with Gasteiger partial charge in [0.15, 0.2) is 12.4 Å². The van der Waals surface area contributed by atoms with E-state index in [4.69, 9.17) is 14.2 Å². The van der Waals surface area contributed by atoms with E-state index in [0.717, 1.165) is 77.0 Å². The zero-order valence-corrected chi connectivity index (χ0v) is 58.3. The predicted octanol–water partition coefficient (Wildman–Crippen LogP) is 20.3. The molecule has 0 aromatic heterocycles. The van der Waals surface area contributed by atoms with Crippen LogP contribution >= 0.6 is 0 Å². The summed E-state index contributed by atoms with van der Waals surface area (Å²) in [4.78, 5) is 26.7. The quantitative estimate of drug-likeness (QED) is 0.0195. The van der Waals surface area contributed by atoms with E-state index in [1.807, 2.05) is 6.08 Å². The maximum atomic E-state index is 13.5. The lowest BCUT2D eigenvalue weighted by molar-refractivity contribution is -0.305. The van der Waals surface area contributed by atoms with Gasteiger partial charge in [-0.2, -0.15) is 0 Å². The molecule has 0 aliphatic carbocycles. The molecule has 0 aromatic carbocycles. The van der Waals surface area contributed by atoms with Crippen LogP contribution in [0.4, 0.5) is 0 Å². The highest BCUT2D eigenvalue weighted by atomic mass is 16.7. The third-order valence-corrected chi connectivity index (χ3v) is 18.2. The van der Waals surface area contributed by atoms with Crippen LogP contribution < -0.4 is 5.32 Å². The van der Waals surface area contributed by atoms with Crippen LogP contribution in [0.3, 0.4) is 0 Å². The molecule has 6 N–H and O–H groups in total. The van der Waals surface area contributed by atoms with Crippen molar-refractivity contribution >= 4 is 11.9 Å². The summed E-state index contributed by atoms with van der Waals surface area (Å²) in [5, 5.41) is 57.3. The molecule has 0 saturated carbocycles. The fraction of sp³-hybridized carbons (Fsp3) is 0.872. The van der Waals surface area contributed by atoms with E-state index in [2.05, 4.69) is 62.5 Å². The van der Waals surface area contributed by atoms with Gasteiger partial charge in [0.25, 0.3) is 0 Å². The van der Waals surface area contributed by atoms with Crippen LogP contribution in [-0.4, -0.2) is 99.6 Å². The van der Waals surface area contributed by atoms with Gasteiger partial charge in [-0.05, 0) is 64.2 Å². The predicted molar refractivity (Wildman–Crippen MR) is 375 cm³/mol. The lowest BCUT2D eigenvalue weighted by Gasteiger charge is -2.41. The molecule has 1 aliphatic rings. The molecule has 8 atom stereocenters. The third kappa shape index (κ3) is 52.7. The summed E-state index contributed by atoms with van der Waals surface area (Å²) in [6, 6.07) is -1.03. The number of amides is 1. The average molecular weight is 1260 g/mol. The van der Waals surface area contributed by atoms with Crippen LogP contribution in [0.5, 0.6) is 0 Å². The van der Waals surface area contributed by atoms with Gasteiger partial charge in [-0.15, -0.1) is 0 Å². The van der Waals surface area contributed by atoms with Gasteiger partial charge >= 0.3 is 5.97 Å². The molecule has 0 bridgehead atoms. The van der Waals surface area contributed by atoms with E-state index >= 15 is 0 Å². The molecule has 11 nitrogen and oxygen atoms in total. The van der Waals surface area contributed by atoms with E-state index in [-0.39, 0.29) is 19.4 Å². The first kappa shape index (κ1) is 84.6. The molecule has 522 valence electrons. The Morgan fingerprint density at radius 1 is 0.438 bits per heavy atom. The summed E-state index contributed by atoms with van der Waals surface area (Å²) >= 11 is 0. The Balaban J connectivity index is 2.49. The normalized spacial score (nSPS) is 18.3. The number of esters is 1. The molecule has 89 heavy (non-hydrogen) atoms. The number of allylic oxidation sites excluding steroid dienone is 7. The Bertz CT molecular complexity index is 1640. The first-order valence-electron chi connectivity index (χ1n) is 38.4. The molecule has 1 saturated heterocycles. The SMILES string of the molecule is CCCCC/C=C\C/C=C\C/C=C\CCCCCCCCCCCC(O)C(=O)NC(COC1OC(CO)C(O)C(O)C1OC(=O)CCCCCCCCCCCCCCCCCCCCCCCCCCCCC)C(O)/C=C/CCCCCCCCCCC. The van der Waals surface area contributed by atoms with Crippen molar-refractivity contribution in [3.63, 3.8) is 0 Å². The molecule has 8 unspecified atom stereocenters. The molecule has 1 fully saturated rings.